The molecule has 0 aliphatic rings. The lowest BCUT2D eigenvalue weighted by Crippen LogP contribution is -2.33. The molecule has 18 heavy (non-hydrogen) atoms. The minimum atomic E-state index is -3.40. The normalized spacial score (nSPS) is 13.2. The van der Waals surface area contributed by atoms with E-state index < -0.39 is 21.9 Å². The number of carboxylic acids is 1. The Bertz CT molecular complexity index is 530. The fraction of sp³-hybridized carbons (Fsp3) is 0.364. The highest BCUT2D eigenvalue weighted by atomic mass is 35.5. The number of hydrogen-bond donors (Lipinski definition) is 2. The van der Waals surface area contributed by atoms with Gasteiger partial charge in [0.2, 0.25) is 10.0 Å². The Labute approximate surface area is 111 Å². The molecule has 0 aliphatic carbocycles. The second kappa shape index (κ2) is 6.17. The number of sulfonamides is 1. The van der Waals surface area contributed by atoms with Crippen LogP contribution >= 0.6 is 11.6 Å². The van der Waals surface area contributed by atoms with Crippen LogP contribution in [0.5, 0.6) is 0 Å². The van der Waals surface area contributed by atoms with Crippen molar-refractivity contribution in [1.29, 1.82) is 0 Å². The van der Waals surface area contributed by atoms with Crippen LogP contribution in [0.25, 0.3) is 0 Å². The van der Waals surface area contributed by atoms with Crippen LogP contribution in [-0.2, 0) is 21.2 Å². The van der Waals surface area contributed by atoms with Gasteiger partial charge >= 0.3 is 5.97 Å². The Balaban J connectivity index is 2.76. The third-order valence-electron chi connectivity index (χ3n) is 2.37. The second-order valence-electron chi connectivity index (χ2n) is 3.95. The van der Waals surface area contributed by atoms with Gasteiger partial charge in [-0.15, -0.1) is 0 Å². The highest BCUT2D eigenvalue weighted by Crippen LogP contribution is 2.18. The summed E-state index contributed by atoms with van der Waals surface area (Å²) < 4.78 is 24.1. The van der Waals surface area contributed by atoms with Gasteiger partial charge in [-0.25, -0.2) is 13.1 Å². The summed E-state index contributed by atoms with van der Waals surface area (Å²) in [4.78, 5) is 11.1. The number of hydrogen-bond acceptors (Lipinski definition) is 3. The lowest BCUT2D eigenvalue weighted by atomic mass is 10.00. The molecule has 0 saturated carbocycles. The van der Waals surface area contributed by atoms with Crippen molar-refractivity contribution in [2.45, 2.75) is 6.42 Å². The molecule has 100 valence electrons. The van der Waals surface area contributed by atoms with Crippen LogP contribution in [0.1, 0.15) is 5.56 Å². The molecular weight excluding hydrogens is 278 g/mol. The molecule has 1 rings (SSSR count). The number of carbonyl (C=O) groups is 1. The Morgan fingerprint density at radius 3 is 2.56 bits per heavy atom. The molecule has 2 N–H and O–H groups in total. The van der Waals surface area contributed by atoms with E-state index in [-0.39, 0.29) is 13.0 Å². The van der Waals surface area contributed by atoms with Crippen molar-refractivity contribution in [2.24, 2.45) is 5.92 Å². The maximum absolute atomic E-state index is 11.1. The molecule has 7 heteroatoms. The van der Waals surface area contributed by atoms with Crippen molar-refractivity contribution < 1.29 is 18.3 Å². The predicted molar refractivity (Wildman–Crippen MR) is 69.1 cm³/mol. The summed E-state index contributed by atoms with van der Waals surface area (Å²) in [5, 5.41) is 9.52. The van der Waals surface area contributed by atoms with Crippen molar-refractivity contribution in [3.8, 4) is 0 Å². The van der Waals surface area contributed by atoms with Crippen LogP contribution in [0, 0.1) is 5.92 Å². The largest absolute Gasteiger partial charge is 0.481 e. The Hall–Kier alpha value is -1.11. The molecular formula is C11H14ClNO4S. The number of halogens is 1. The zero-order chi connectivity index (χ0) is 13.8. The molecule has 1 unspecified atom stereocenters. The number of nitrogens with one attached hydrogen (secondary N) is 1. The predicted octanol–water partition coefficient (Wildman–Crippen LogP) is 1.13. The smallest absolute Gasteiger partial charge is 0.308 e. The first-order valence-electron chi connectivity index (χ1n) is 5.20. The van der Waals surface area contributed by atoms with Gasteiger partial charge in [0.15, 0.2) is 0 Å². The van der Waals surface area contributed by atoms with Crippen LogP contribution in [0.2, 0.25) is 5.02 Å². The molecule has 0 heterocycles. The van der Waals surface area contributed by atoms with E-state index in [2.05, 4.69) is 4.72 Å². The van der Waals surface area contributed by atoms with Crippen LogP contribution in [0.3, 0.4) is 0 Å². The highest BCUT2D eigenvalue weighted by molar-refractivity contribution is 7.88. The molecule has 5 nitrogen and oxygen atoms in total. The molecule has 0 bridgehead atoms. The van der Waals surface area contributed by atoms with E-state index in [0.29, 0.717) is 10.6 Å². The summed E-state index contributed by atoms with van der Waals surface area (Å²) in [6.07, 6.45) is 1.17. The number of rotatable bonds is 6. The lowest BCUT2D eigenvalue weighted by Gasteiger charge is -2.13. The molecule has 0 radical (unpaired) electrons. The van der Waals surface area contributed by atoms with Gasteiger partial charge in [0.25, 0.3) is 0 Å². The van der Waals surface area contributed by atoms with Gasteiger partial charge in [0.05, 0.1) is 12.2 Å². The SMILES string of the molecule is CS(=O)(=O)NCC(Cc1ccccc1Cl)C(=O)O. The van der Waals surface area contributed by atoms with E-state index in [1.54, 1.807) is 24.3 Å². The van der Waals surface area contributed by atoms with Gasteiger partial charge in [-0.3, -0.25) is 4.79 Å². The van der Waals surface area contributed by atoms with Gasteiger partial charge in [0, 0.05) is 11.6 Å². The maximum Gasteiger partial charge on any atom is 0.308 e. The van der Waals surface area contributed by atoms with Crippen molar-refractivity contribution >= 4 is 27.6 Å². The molecule has 1 aromatic carbocycles. The van der Waals surface area contributed by atoms with Gasteiger partial charge in [-0.2, -0.15) is 0 Å². The first-order valence-corrected chi connectivity index (χ1v) is 7.47. The molecule has 1 aromatic rings. The standard InChI is InChI=1S/C11H14ClNO4S/c1-18(16,17)13-7-9(11(14)15)6-8-4-2-3-5-10(8)12/h2-5,9,13H,6-7H2,1H3,(H,14,15). The second-order valence-corrected chi connectivity index (χ2v) is 6.19. The summed E-state index contributed by atoms with van der Waals surface area (Å²) >= 11 is 5.93. The molecule has 0 aromatic heterocycles. The summed E-state index contributed by atoms with van der Waals surface area (Å²) in [5.41, 5.74) is 0.682. The summed E-state index contributed by atoms with van der Waals surface area (Å²) in [6, 6.07) is 6.89. The van der Waals surface area contributed by atoms with Gasteiger partial charge < -0.3 is 5.11 Å². The average Bonchev–Trinajstić information content (AvgIpc) is 2.24. The first-order chi connectivity index (χ1) is 8.29. The van der Waals surface area contributed by atoms with Crippen molar-refractivity contribution in [3.63, 3.8) is 0 Å². The van der Waals surface area contributed by atoms with Crippen molar-refractivity contribution in [1.82, 2.24) is 4.72 Å². The quantitative estimate of drug-likeness (QED) is 0.823. The van der Waals surface area contributed by atoms with Crippen LogP contribution in [0.15, 0.2) is 24.3 Å². The summed E-state index contributed by atoms with van der Waals surface area (Å²) in [5.74, 6) is -1.91. The maximum atomic E-state index is 11.1. The number of benzene rings is 1. The first kappa shape index (κ1) is 14.9. The number of aliphatic carboxylic acids is 1. The summed E-state index contributed by atoms with van der Waals surface area (Å²) in [6.45, 7) is -0.153. The minimum absolute atomic E-state index is 0.153. The van der Waals surface area contributed by atoms with Gasteiger partial charge in [-0.1, -0.05) is 29.8 Å². The van der Waals surface area contributed by atoms with E-state index in [1.807, 2.05) is 0 Å². The topological polar surface area (TPSA) is 83.5 Å². The monoisotopic (exact) mass is 291 g/mol. The van der Waals surface area contributed by atoms with E-state index in [0.717, 1.165) is 6.26 Å². The molecule has 0 aliphatic heterocycles. The van der Waals surface area contributed by atoms with E-state index in [9.17, 15) is 13.2 Å². The molecule has 0 amide bonds. The van der Waals surface area contributed by atoms with E-state index in [1.165, 1.54) is 0 Å². The van der Waals surface area contributed by atoms with Crippen molar-refractivity contribution in [2.75, 3.05) is 12.8 Å². The van der Waals surface area contributed by atoms with Gasteiger partial charge in [-0.05, 0) is 18.1 Å². The summed E-state index contributed by atoms with van der Waals surface area (Å²) in [7, 11) is -3.40. The van der Waals surface area contributed by atoms with Crippen LogP contribution in [-0.4, -0.2) is 32.3 Å². The van der Waals surface area contributed by atoms with E-state index >= 15 is 0 Å². The molecule has 1 atom stereocenters. The number of carboxylic acid groups (broad SMARTS) is 1. The van der Waals surface area contributed by atoms with Crippen molar-refractivity contribution in [3.05, 3.63) is 34.9 Å². The Kier molecular flexibility index (Phi) is 5.13. The minimum Gasteiger partial charge on any atom is -0.481 e. The van der Waals surface area contributed by atoms with E-state index in [4.69, 9.17) is 16.7 Å². The molecule has 0 saturated heterocycles. The lowest BCUT2D eigenvalue weighted by molar-refractivity contribution is -0.141. The average molecular weight is 292 g/mol. The third kappa shape index (κ3) is 5.03. The van der Waals surface area contributed by atoms with Crippen LogP contribution in [0.4, 0.5) is 0 Å². The van der Waals surface area contributed by atoms with Crippen LogP contribution < -0.4 is 4.72 Å². The third-order valence-corrected chi connectivity index (χ3v) is 3.43. The zero-order valence-electron chi connectivity index (χ0n) is 9.76. The highest BCUT2D eigenvalue weighted by Gasteiger charge is 2.20. The molecule has 0 spiro atoms. The Morgan fingerprint density at radius 1 is 1.44 bits per heavy atom. The van der Waals surface area contributed by atoms with Gasteiger partial charge in [0.1, 0.15) is 0 Å². The fourth-order valence-electron chi connectivity index (χ4n) is 1.43. The Morgan fingerprint density at radius 2 is 2.06 bits per heavy atom. The zero-order valence-corrected chi connectivity index (χ0v) is 11.3. The fourth-order valence-corrected chi connectivity index (χ4v) is 2.14. The molecule has 0 fully saturated rings.